The van der Waals surface area contributed by atoms with Gasteiger partial charge in [-0.2, -0.15) is 0 Å². The van der Waals surface area contributed by atoms with Crippen molar-refractivity contribution in [1.29, 1.82) is 0 Å². The highest BCUT2D eigenvalue weighted by molar-refractivity contribution is 8.03. The van der Waals surface area contributed by atoms with Crippen LogP contribution in [0.25, 0.3) is 6.08 Å². The minimum atomic E-state index is -0.383. The second kappa shape index (κ2) is 10.5. The topological polar surface area (TPSA) is 40.2 Å². The van der Waals surface area contributed by atoms with E-state index in [2.05, 4.69) is 36.4 Å². The average molecular weight is 380 g/mol. The predicted octanol–water partition coefficient (Wildman–Crippen LogP) is 4.35. The average Bonchev–Trinajstić information content (AvgIpc) is 2.97. The van der Waals surface area contributed by atoms with E-state index in [0.29, 0.717) is 36.7 Å². The summed E-state index contributed by atoms with van der Waals surface area (Å²) in [6.45, 7) is 7.46. The molecule has 0 amide bonds. The lowest BCUT2D eigenvalue weighted by Crippen LogP contribution is -2.25. The normalized spacial score (nSPS) is 17.2. The molecule has 1 unspecified atom stereocenters. The maximum absolute atomic E-state index is 5.91. The van der Waals surface area contributed by atoms with E-state index in [4.69, 9.17) is 18.9 Å². The van der Waals surface area contributed by atoms with Crippen LogP contribution in [0.2, 0.25) is 0 Å². The van der Waals surface area contributed by atoms with Gasteiger partial charge < -0.3 is 23.8 Å². The highest BCUT2D eigenvalue weighted by Gasteiger charge is 2.17. The Morgan fingerprint density at radius 3 is 2.50 bits per heavy atom. The van der Waals surface area contributed by atoms with Crippen LogP contribution < -0.4 is 9.47 Å². The van der Waals surface area contributed by atoms with Crippen molar-refractivity contribution in [1.82, 2.24) is 4.90 Å². The van der Waals surface area contributed by atoms with Gasteiger partial charge >= 0.3 is 0 Å². The van der Waals surface area contributed by atoms with Gasteiger partial charge in [0.25, 0.3) is 0 Å². The molecule has 5 nitrogen and oxygen atoms in total. The van der Waals surface area contributed by atoms with Crippen LogP contribution in [0.4, 0.5) is 0 Å². The second-order valence-corrected chi connectivity index (χ2v) is 6.81. The first-order valence-corrected chi connectivity index (χ1v) is 9.80. The van der Waals surface area contributed by atoms with E-state index in [-0.39, 0.29) is 6.29 Å². The summed E-state index contributed by atoms with van der Waals surface area (Å²) < 4.78 is 22.4. The largest absolute Gasteiger partial charge is 0.493 e. The fourth-order valence-electron chi connectivity index (χ4n) is 2.49. The van der Waals surface area contributed by atoms with E-state index in [0.717, 1.165) is 5.56 Å². The summed E-state index contributed by atoms with van der Waals surface area (Å²) in [7, 11) is 3.74. The maximum atomic E-state index is 5.91. The highest BCUT2D eigenvalue weighted by Crippen LogP contribution is 2.32. The summed E-state index contributed by atoms with van der Waals surface area (Å²) in [5.74, 6) is 1.37. The van der Waals surface area contributed by atoms with Gasteiger partial charge in [0, 0.05) is 26.0 Å². The monoisotopic (exact) mass is 379 g/mol. The molecule has 1 aromatic rings. The molecule has 0 saturated carbocycles. The van der Waals surface area contributed by atoms with E-state index >= 15 is 0 Å². The number of allylic oxidation sites excluding steroid dienone is 1. The van der Waals surface area contributed by atoms with Gasteiger partial charge in [0.2, 0.25) is 0 Å². The van der Waals surface area contributed by atoms with Crippen LogP contribution in [-0.4, -0.2) is 50.5 Å². The number of ether oxygens (including phenoxy) is 4. The number of likely N-dealkylation sites (N-methyl/N-ethyl adjacent to an activating group) is 1. The van der Waals surface area contributed by atoms with Crippen LogP contribution in [0.5, 0.6) is 11.5 Å². The molecule has 1 heterocycles. The first kappa shape index (κ1) is 20.7. The van der Waals surface area contributed by atoms with E-state index in [9.17, 15) is 0 Å². The Balaban J connectivity index is 2.05. The molecule has 0 aliphatic carbocycles. The number of hydrogen-bond donors (Lipinski definition) is 0. The Bertz CT molecular complexity index is 626. The zero-order valence-corrected chi connectivity index (χ0v) is 17.0. The van der Waals surface area contributed by atoms with E-state index < -0.39 is 0 Å². The molecular formula is C20H29NO4S. The number of rotatable bonds is 10. The molecule has 0 N–H and O–H groups in total. The van der Waals surface area contributed by atoms with Crippen molar-refractivity contribution in [3.8, 4) is 11.5 Å². The molecule has 6 heteroatoms. The first-order valence-electron chi connectivity index (χ1n) is 8.86. The van der Waals surface area contributed by atoms with Crippen LogP contribution in [0.1, 0.15) is 26.3 Å². The first-order chi connectivity index (χ1) is 12.6. The van der Waals surface area contributed by atoms with Crippen molar-refractivity contribution in [2.24, 2.45) is 0 Å². The van der Waals surface area contributed by atoms with Crippen LogP contribution in [0.15, 0.2) is 35.4 Å². The Morgan fingerprint density at radius 1 is 1.19 bits per heavy atom. The lowest BCUT2D eigenvalue weighted by Gasteiger charge is -2.20. The quantitative estimate of drug-likeness (QED) is 0.563. The summed E-state index contributed by atoms with van der Waals surface area (Å²) >= 11 is 1.80. The number of methoxy groups -OCH3 is 1. The molecule has 0 fully saturated rings. The SMILES string of the molecule is CCOC(COc1cc(C=CC2SC=C(C)N2C)ccc1OC)OCC. The van der Waals surface area contributed by atoms with Crippen molar-refractivity contribution < 1.29 is 18.9 Å². The molecule has 0 spiro atoms. The summed E-state index contributed by atoms with van der Waals surface area (Å²) in [4.78, 5) is 2.25. The molecule has 0 bridgehead atoms. The minimum Gasteiger partial charge on any atom is -0.493 e. The fraction of sp³-hybridized carbons (Fsp3) is 0.500. The molecule has 0 saturated heterocycles. The van der Waals surface area contributed by atoms with Gasteiger partial charge in [-0.25, -0.2) is 0 Å². The van der Waals surface area contributed by atoms with Crippen molar-refractivity contribution in [2.75, 3.05) is 34.0 Å². The summed E-state index contributed by atoms with van der Waals surface area (Å²) in [5.41, 5.74) is 2.34. The highest BCUT2D eigenvalue weighted by atomic mass is 32.2. The summed E-state index contributed by atoms with van der Waals surface area (Å²) in [6.07, 6.45) is 3.91. The molecule has 0 radical (unpaired) electrons. The molecule has 1 aliphatic rings. The van der Waals surface area contributed by atoms with Crippen molar-refractivity contribution in [3.63, 3.8) is 0 Å². The standard InChI is InChI=1S/C20H29NO4S/c1-6-23-20(24-7-2)13-25-18-12-16(8-10-17(18)22-5)9-11-19-21(4)15(3)14-26-19/h8-12,14,19-20H,6-7,13H2,1-5H3. The third-order valence-electron chi connectivity index (χ3n) is 4.04. The maximum Gasteiger partial charge on any atom is 0.191 e. The fourth-order valence-corrected chi connectivity index (χ4v) is 3.52. The zero-order valence-electron chi connectivity index (χ0n) is 16.2. The minimum absolute atomic E-state index is 0.315. The van der Waals surface area contributed by atoms with E-state index in [1.807, 2.05) is 32.0 Å². The van der Waals surface area contributed by atoms with Crippen LogP contribution in [0, 0.1) is 0 Å². The van der Waals surface area contributed by atoms with E-state index in [1.54, 1.807) is 18.9 Å². The summed E-state index contributed by atoms with van der Waals surface area (Å²) in [5, 5.41) is 2.50. The van der Waals surface area contributed by atoms with Crippen LogP contribution in [0.3, 0.4) is 0 Å². The zero-order chi connectivity index (χ0) is 18.9. The van der Waals surface area contributed by atoms with Gasteiger partial charge in [-0.05, 0) is 43.9 Å². The van der Waals surface area contributed by atoms with Gasteiger partial charge in [0.1, 0.15) is 6.61 Å². The summed E-state index contributed by atoms with van der Waals surface area (Å²) in [6, 6.07) is 5.91. The van der Waals surface area contributed by atoms with Crippen molar-refractivity contribution in [2.45, 2.75) is 32.4 Å². The van der Waals surface area contributed by atoms with Crippen LogP contribution in [-0.2, 0) is 9.47 Å². The number of nitrogens with zero attached hydrogens (tertiary/aromatic N) is 1. The third-order valence-corrected chi connectivity index (χ3v) is 5.27. The van der Waals surface area contributed by atoms with Gasteiger partial charge in [0.05, 0.1) is 12.5 Å². The Kier molecular flexibility index (Phi) is 8.35. The second-order valence-electron chi connectivity index (χ2n) is 5.82. The van der Waals surface area contributed by atoms with Gasteiger partial charge in [0.15, 0.2) is 17.8 Å². The number of hydrogen-bond acceptors (Lipinski definition) is 6. The number of thioether (sulfide) groups is 1. The van der Waals surface area contributed by atoms with Gasteiger partial charge in [-0.1, -0.05) is 18.2 Å². The Morgan fingerprint density at radius 2 is 1.92 bits per heavy atom. The molecule has 26 heavy (non-hydrogen) atoms. The lowest BCUT2D eigenvalue weighted by atomic mass is 10.2. The van der Waals surface area contributed by atoms with Crippen molar-refractivity contribution in [3.05, 3.63) is 40.9 Å². The molecule has 1 aromatic carbocycles. The molecule has 2 rings (SSSR count). The lowest BCUT2D eigenvalue weighted by molar-refractivity contribution is -0.152. The molecule has 1 aliphatic heterocycles. The molecule has 0 aromatic heterocycles. The van der Waals surface area contributed by atoms with Gasteiger partial charge in [-0.15, -0.1) is 11.8 Å². The molecule has 1 atom stereocenters. The predicted molar refractivity (Wildman–Crippen MR) is 107 cm³/mol. The van der Waals surface area contributed by atoms with Crippen molar-refractivity contribution >= 4 is 17.8 Å². The Labute approximate surface area is 160 Å². The molecular weight excluding hydrogens is 350 g/mol. The third kappa shape index (κ3) is 5.69. The smallest absolute Gasteiger partial charge is 0.191 e. The number of benzene rings is 1. The van der Waals surface area contributed by atoms with E-state index in [1.165, 1.54) is 5.70 Å². The van der Waals surface area contributed by atoms with Crippen LogP contribution >= 0.6 is 11.8 Å². The Hall–Kier alpha value is -1.63. The molecule has 144 valence electrons. The van der Waals surface area contributed by atoms with Gasteiger partial charge in [-0.3, -0.25) is 0 Å².